The highest BCUT2D eigenvalue weighted by atomic mass is 32.1. The molecule has 0 fully saturated rings. The van der Waals surface area contributed by atoms with Gasteiger partial charge >= 0.3 is 5.97 Å². The molecule has 0 bridgehead atoms. The first kappa shape index (κ1) is 17.2. The van der Waals surface area contributed by atoms with Gasteiger partial charge in [-0.05, 0) is 23.6 Å². The molecule has 2 aromatic carbocycles. The minimum absolute atomic E-state index is 0.0323. The third kappa shape index (κ3) is 4.25. The Bertz CT molecular complexity index is 855. The predicted molar refractivity (Wildman–Crippen MR) is 103 cm³/mol. The number of hydrogen-bond donors (Lipinski definition) is 2. The van der Waals surface area contributed by atoms with Gasteiger partial charge in [0.2, 0.25) is 0 Å². The number of aromatic nitrogens is 1. The van der Waals surface area contributed by atoms with Crippen molar-refractivity contribution < 1.29 is 9.90 Å². The number of nitrogens with one attached hydrogen (secondary N) is 1. The average molecular weight is 352 g/mol. The number of benzene rings is 2. The van der Waals surface area contributed by atoms with Crippen LogP contribution < -0.4 is 5.32 Å². The van der Waals surface area contributed by atoms with Crippen LogP contribution in [0, 0.1) is 0 Å². The molecule has 5 heteroatoms. The Balaban J connectivity index is 1.94. The van der Waals surface area contributed by atoms with E-state index in [1.54, 1.807) is 0 Å². The first-order chi connectivity index (χ1) is 12.0. The summed E-state index contributed by atoms with van der Waals surface area (Å²) in [6.07, 6.45) is -0.0323. The molecule has 0 radical (unpaired) electrons. The highest BCUT2D eigenvalue weighted by Gasteiger charge is 2.16. The highest BCUT2D eigenvalue weighted by Crippen LogP contribution is 2.33. The van der Waals surface area contributed by atoms with Crippen LogP contribution in [0.2, 0.25) is 0 Å². The Labute approximate surface area is 151 Å². The summed E-state index contributed by atoms with van der Waals surface area (Å²) in [6, 6.07) is 17.9. The zero-order chi connectivity index (χ0) is 17.8. The first-order valence-corrected chi connectivity index (χ1v) is 8.98. The zero-order valence-electron chi connectivity index (χ0n) is 14.2. The molecule has 25 heavy (non-hydrogen) atoms. The Hall–Kier alpha value is -2.66. The topological polar surface area (TPSA) is 62.2 Å². The second-order valence-corrected chi connectivity index (χ2v) is 7.21. The maximum Gasteiger partial charge on any atom is 0.308 e. The van der Waals surface area contributed by atoms with Crippen LogP contribution in [0.1, 0.15) is 30.2 Å². The molecule has 4 nitrogen and oxygen atoms in total. The number of nitrogens with zero attached hydrogens (tertiary/aromatic N) is 1. The second kappa shape index (κ2) is 7.49. The molecule has 0 aliphatic rings. The van der Waals surface area contributed by atoms with Gasteiger partial charge in [-0.3, -0.25) is 4.79 Å². The summed E-state index contributed by atoms with van der Waals surface area (Å²) in [5.74, 6) is -0.395. The number of rotatable bonds is 6. The summed E-state index contributed by atoms with van der Waals surface area (Å²) >= 11 is 1.38. The van der Waals surface area contributed by atoms with Crippen LogP contribution in [-0.2, 0) is 11.2 Å². The fraction of sp³-hybridized carbons (Fsp3) is 0.200. The smallest absolute Gasteiger partial charge is 0.308 e. The van der Waals surface area contributed by atoms with Crippen LogP contribution in [-0.4, -0.2) is 16.1 Å². The number of thiazole rings is 1. The van der Waals surface area contributed by atoms with Gasteiger partial charge in [0, 0.05) is 16.1 Å². The molecular weight excluding hydrogens is 332 g/mol. The van der Waals surface area contributed by atoms with Crippen molar-refractivity contribution in [1.82, 2.24) is 4.98 Å². The summed E-state index contributed by atoms with van der Waals surface area (Å²) in [5, 5.41) is 13.2. The lowest BCUT2D eigenvalue weighted by Gasteiger charge is -2.06. The van der Waals surface area contributed by atoms with Crippen molar-refractivity contribution in [2.45, 2.75) is 26.2 Å². The van der Waals surface area contributed by atoms with Crippen LogP contribution in [0.25, 0.3) is 11.3 Å². The molecule has 1 aromatic heterocycles. The van der Waals surface area contributed by atoms with Crippen LogP contribution in [0.15, 0.2) is 54.6 Å². The van der Waals surface area contributed by atoms with Crippen molar-refractivity contribution in [3.8, 4) is 11.3 Å². The third-order valence-corrected chi connectivity index (χ3v) is 4.86. The van der Waals surface area contributed by atoms with E-state index in [-0.39, 0.29) is 6.42 Å². The molecule has 0 amide bonds. The normalized spacial score (nSPS) is 10.8. The van der Waals surface area contributed by atoms with Crippen molar-refractivity contribution in [1.29, 1.82) is 0 Å². The van der Waals surface area contributed by atoms with Crippen molar-refractivity contribution in [3.05, 3.63) is 65.0 Å². The van der Waals surface area contributed by atoms with E-state index >= 15 is 0 Å². The Morgan fingerprint density at radius 2 is 1.80 bits per heavy atom. The average Bonchev–Trinajstić information content (AvgIpc) is 2.97. The molecule has 0 aliphatic carbocycles. The molecule has 0 unspecified atom stereocenters. The molecule has 0 atom stereocenters. The molecule has 2 N–H and O–H groups in total. The summed E-state index contributed by atoms with van der Waals surface area (Å²) in [6.45, 7) is 4.30. The monoisotopic (exact) mass is 352 g/mol. The number of aliphatic carboxylic acids is 1. The van der Waals surface area contributed by atoms with Crippen molar-refractivity contribution in [2.75, 3.05) is 5.32 Å². The lowest BCUT2D eigenvalue weighted by atomic mass is 10.0. The maximum atomic E-state index is 11.2. The van der Waals surface area contributed by atoms with Gasteiger partial charge < -0.3 is 10.4 Å². The lowest BCUT2D eigenvalue weighted by molar-refractivity contribution is -0.136. The van der Waals surface area contributed by atoms with E-state index < -0.39 is 5.97 Å². The SMILES string of the molecule is CC(C)c1ccc(-c2nc(Nc3ccccc3)sc2CC(=O)O)cc1. The summed E-state index contributed by atoms with van der Waals surface area (Å²) in [7, 11) is 0. The van der Waals surface area contributed by atoms with E-state index in [2.05, 4.69) is 36.3 Å². The second-order valence-electron chi connectivity index (χ2n) is 6.13. The molecule has 128 valence electrons. The van der Waals surface area contributed by atoms with Gasteiger partial charge in [-0.25, -0.2) is 4.98 Å². The van der Waals surface area contributed by atoms with E-state index in [1.165, 1.54) is 16.9 Å². The molecule has 0 aliphatic heterocycles. The van der Waals surface area contributed by atoms with Gasteiger partial charge in [0.05, 0.1) is 12.1 Å². The van der Waals surface area contributed by atoms with Gasteiger partial charge in [-0.2, -0.15) is 0 Å². The quantitative estimate of drug-likeness (QED) is 0.631. The molecule has 3 aromatic rings. The van der Waals surface area contributed by atoms with Crippen molar-refractivity contribution in [3.63, 3.8) is 0 Å². The van der Waals surface area contributed by atoms with E-state index in [1.807, 2.05) is 42.5 Å². The molecular formula is C20H20N2O2S. The third-order valence-electron chi connectivity index (χ3n) is 3.88. The Morgan fingerprint density at radius 1 is 1.12 bits per heavy atom. The minimum Gasteiger partial charge on any atom is -0.481 e. The zero-order valence-corrected chi connectivity index (χ0v) is 15.0. The standard InChI is InChI=1S/C20H20N2O2S/c1-13(2)14-8-10-15(11-9-14)19-17(12-18(23)24)25-20(22-19)21-16-6-4-3-5-7-16/h3-11,13H,12H2,1-2H3,(H,21,22)(H,23,24). The molecule has 0 spiro atoms. The summed E-state index contributed by atoms with van der Waals surface area (Å²) in [4.78, 5) is 16.6. The van der Waals surface area contributed by atoms with E-state index in [0.717, 1.165) is 21.8 Å². The maximum absolute atomic E-state index is 11.2. The fourth-order valence-electron chi connectivity index (χ4n) is 2.56. The van der Waals surface area contributed by atoms with Gasteiger partial charge in [0.1, 0.15) is 0 Å². The molecule has 1 heterocycles. The summed E-state index contributed by atoms with van der Waals surface area (Å²) in [5.41, 5.74) is 3.86. The van der Waals surface area contributed by atoms with Crippen molar-refractivity contribution in [2.24, 2.45) is 0 Å². The summed E-state index contributed by atoms with van der Waals surface area (Å²) < 4.78 is 0. The van der Waals surface area contributed by atoms with Gasteiger partial charge in [-0.15, -0.1) is 11.3 Å². The minimum atomic E-state index is -0.852. The highest BCUT2D eigenvalue weighted by molar-refractivity contribution is 7.16. The number of carbonyl (C=O) groups is 1. The fourth-order valence-corrected chi connectivity index (χ4v) is 3.55. The lowest BCUT2D eigenvalue weighted by Crippen LogP contribution is -1.99. The van der Waals surface area contributed by atoms with Gasteiger partial charge in [0.25, 0.3) is 0 Å². The molecule has 3 rings (SSSR count). The van der Waals surface area contributed by atoms with Crippen LogP contribution >= 0.6 is 11.3 Å². The van der Waals surface area contributed by atoms with Crippen molar-refractivity contribution >= 4 is 28.1 Å². The molecule has 0 saturated carbocycles. The van der Waals surface area contributed by atoms with Gasteiger partial charge in [-0.1, -0.05) is 56.3 Å². The van der Waals surface area contributed by atoms with Crippen LogP contribution in [0.5, 0.6) is 0 Å². The van der Waals surface area contributed by atoms with Gasteiger partial charge in [0.15, 0.2) is 5.13 Å². The van der Waals surface area contributed by atoms with Crippen LogP contribution in [0.3, 0.4) is 0 Å². The van der Waals surface area contributed by atoms with E-state index in [4.69, 9.17) is 0 Å². The molecule has 0 saturated heterocycles. The largest absolute Gasteiger partial charge is 0.481 e. The number of hydrogen-bond acceptors (Lipinski definition) is 4. The first-order valence-electron chi connectivity index (χ1n) is 8.17. The van der Waals surface area contributed by atoms with Crippen LogP contribution in [0.4, 0.5) is 10.8 Å². The number of anilines is 2. The Morgan fingerprint density at radius 3 is 2.40 bits per heavy atom. The number of para-hydroxylation sites is 1. The number of carboxylic acids is 1. The predicted octanol–water partition coefficient (Wildman–Crippen LogP) is 5.30. The number of carboxylic acid groups (broad SMARTS) is 1. The van der Waals surface area contributed by atoms with E-state index in [9.17, 15) is 9.90 Å². The Kier molecular flexibility index (Phi) is 5.14. The van der Waals surface area contributed by atoms with E-state index in [0.29, 0.717) is 11.0 Å².